The highest BCUT2D eigenvalue weighted by Crippen LogP contribution is 2.40. The number of benzene rings is 8. The summed E-state index contributed by atoms with van der Waals surface area (Å²) >= 11 is 0. The molecule has 5 nitrogen and oxygen atoms in total. The summed E-state index contributed by atoms with van der Waals surface area (Å²) in [6.45, 7) is 0. The minimum atomic E-state index is 0.593. The van der Waals surface area contributed by atoms with Gasteiger partial charge in [0.15, 0.2) is 0 Å². The second-order valence-electron chi connectivity index (χ2n) is 14.0. The van der Waals surface area contributed by atoms with Crippen molar-refractivity contribution in [2.24, 2.45) is 0 Å². The number of rotatable bonds is 4. The second kappa shape index (κ2) is 11.8. The van der Waals surface area contributed by atoms with E-state index in [2.05, 4.69) is 153 Å². The molecule has 55 heavy (non-hydrogen) atoms. The third-order valence-electron chi connectivity index (χ3n) is 11.1. The number of aromatic nitrogens is 3. The van der Waals surface area contributed by atoms with E-state index in [1.807, 2.05) is 48.5 Å². The second-order valence-corrected chi connectivity index (χ2v) is 14.0. The zero-order valence-electron chi connectivity index (χ0n) is 29.5. The molecular weight excluding hydrogens is 671 g/mol. The van der Waals surface area contributed by atoms with Crippen molar-refractivity contribution in [2.45, 2.75) is 0 Å². The zero-order chi connectivity index (χ0) is 36.6. The highest BCUT2D eigenvalue weighted by molar-refractivity contribution is 6.13. The molecule has 5 heteroatoms. The smallest absolute Gasteiger partial charge is 0.0998 e. The van der Waals surface area contributed by atoms with Gasteiger partial charge in [-0.1, -0.05) is 97.1 Å². The zero-order valence-corrected chi connectivity index (χ0v) is 29.5. The van der Waals surface area contributed by atoms with Crippen molar-refractivity contribution in [1.82, 2.24) is 13.7 Å². The van der Waals surface area contributed by atoms with E-state index >= 15 is 0 Å². The molecule has 3 aromatic heterocycles. The summed E-state index contributed by atoms with van der Waals surface area (Å²) in [5.41, 5.74) is 12.6. The Balaban J connectivity index is 1.17. The number of nitrogens with zero attached hydrogens (tertiary/aromatic N) is 5. The third kappa shape index (κ3) is 4.45. The van der Waals surface area contributed by atoms with Gasteiger partial charge in [-0.2, -0.15) is 10.5 Å². The summed E-state index contributed by atoms with van der Waals surface area (Å²) < 4.78 is 6.95. The fraction of sp³-hybridized carbons (Fsp3) is 0. The van der Waals surface area contributed by atoms with E-state index in [0.29, 0.717) is 11.1 Å². The number of nitriles is 2. The van der Waals surface area contributed by atoms with Crippen LogP contribution in [0.25, 0.3) is 93.6 Å². The quantitative estimate of drug-likeness (QED) is 0.184. The van der Waals surface area contributed by atoms with Gasteiger partial charge >= 0.3 is 0 Å². The van der Waals surface area contributed by atoms with Gasteiger partial charge in [0, 0.05) is 54.8 Å². The summed E-state index contributed by atoms with van der Waals surface area (Å²) in [6, 6.07) is 66.0. The van der Waals surface area contributed by atoms with Crippen LogP contribution in [-0.2, 0) is 0 Å². The lowest BCUT2D eigenvalue weighted by atomic mass is 9.97. The van der Waals surface area contributed by atoms with E-state index < -0.39 is 0 Å². The Hall–Kier alpha value is -7.86. The molecular formula is C50H29N5. The molecule has 0 bridgehead atoms. The summed E-state index contributed by atoms with van der Waals surface area (Å²) in [7, 11) is 0. The lowest BCUT2D eigenvalue weighted by molar-refractivity contribution is 1.15. The van der Waals surface area contributed by atoms with Gasteiger partial charge in [0.05, 0.1) is 62.1 Å². The number of fused-ring (bicyclic) bond motifs is 9. The van der Waals surface area contributed by atoms with E-state index in [9.17, 15) is 10.5 Å². The van der Waals surface area contributed by atoms with Crippen molar-refractivity contribution in [2.75, 3.05) is 0 Å². The van der Waals surface area contributed by atoms with Crippen molar-refractivity contribution < 1.29 is 0 Å². The van der Waals surface area contributed by atoms with Gasteiger partial charge in [-0.3, -0.25) is 0 Å². The average Bonchev–Trinajstić information content (AvgIpc) is 3.88. The molecule has 0 unspecified atom stereocenters. The Morgan fingerprint density at radius 3 is 1.45 bits per heavy atom. The molecule has 0 aliphatic heterocycles. The van der Waals surface area contributed by atoms with Crippen LogP contribution in [0.4, 0.5) is 0 Å². The molecule has 0 saturated carbocycles. The van der Waals surface area contributed by atoms with Gasteiger partial charge in [-0.25, -0.2) is 0 Å². The van der Waals surface area contributed by atoms with Gasteiger partial charge in [-0.05, 0) is 78.9 Å². The molecule has 8 aromatic carbocycles. The Bertz CT molecular complexity index is 3420. The summed E-state index contributed by atoms with van der Waals surface area (Å²) in [4.78, 5) is 0. The summed E-state index contributed by atoms with van der Waals surface area (Å²) in [6.07, 6.45) is 0. The van der Waals surface area contributed by atoms with Crippen LogP contribution in [0.5, 0.6) is 0 Å². The van der Waals surface area contributed by atoms with Crippen LogP contribution < -0.4 is 0 Å². The van der Waals surface area contributed by atoms with Gasteiger partial charge in [-0.15, -0.1) is 0 Å². The molecule has 0 aliphatic rings. The molecule has 0 fully saturated rings. The topological polar surface area (TPSA) is 62.4 Å². The van der Waals surface area contributed by atoms with Gasteiger partial charge in [0.25, 0.3) is 0 Å². The predicted octanol–water partition coefficient (Wildman–Crippen LogP) is 12.4. The SMILES string of the molecule is N#Cc1ccc2c(c1)c1ccccc1n2-c1ccccc1-c1cc(-n2c3ccccc3c3ccc(-n4c5ccccc5c5ccccc54)cc32)ccc1C#N. The maximum Gasteiger partial charge on any atom is 0.0998 e. The molecule has 11 aromatic rings. The summed E-state index contributed by atoms with van der Waals surface area (Å²) in [5, 5.41) is 27.2. The fourth-order valence-electron chi connectivity index (χ4n) is 8.77. The van der Waals surface area contributed by atoms with Crippen LogP contribution in [0.2, 0.25) is 0 Å². The number of para-hydroxylation sites is 5. The maximum absolute atomic E-state index is 10.6. The van der Waals surface area contributed by atoms with E-state index in [1.165, 1.54) is 16.2 Å². The minimum Gasteiger partial charge on any atom is -0.309 e. The monoisotopic (exact) mass is 699 g/mol. The average molecular weight is 700 g/mol. The van der Waals surface area contributed by atoms with Crippen LogP contribution in [0.3, 0.4) is 0 Å². The molecule has 0 aliphatic carbocycles. The number of hydrogen-bond acceptors (Lipinski definition) is 2. The molecule has 254 valence electrons. The van der Waals surface area contributed by atoms with Crippen molar-refractivity contribution in [3.63, 3.8) is 0 Å². The third-order valence-corrected chi connectivity index (χ3v) is 11.1. The molecule has 0 saturated heterocycles. The van der Waals surface area contributed by atoms with Crippen molar-refractivity contribution in [3.8, 4) is 40.3 Å². The van der Waals surface area contributed by atoms with E-state index in [-0.39, 0.29) is 0 Å². The largest absolute Gasteiger partial charge is 0.309 e. The van der Waals surface area contributed by atoms with Crippen LogP contribution in [0.15, 0.2) is 176 Å². The van der Waals surface area contributed by atoms with Gasteiger partial charge in [0.1, 0.15) is 0 Å². The highest BCUT2D eigenvalue weighted by Gasteiger charge is 2.20. The van der Waals surface area contributed by atoms with Crippen molar-refractivity contribution in [3.05, 3.63) is 187 Å². The lowest BCUT2D eigenvalue weighted by Gasteiger charge is -2.17. The van der Waals surface area contributed by atoms with Crippen LogP contribution >= 0.6 is 0 Å². The Morgan fingerprint density at radius 1 is 0.327 bits per heavy atom. The first-order valence-corrected chi connectivity index (χ1v) is 18.3. The van der Waals surface area contributed by atoms with Crippen LogP contribution in [0.1, 0.15) is 11.1 Å². The van der Waals surface area contributed by atoms with E-state index in [1.54, 1.807) is 0 Å². The van der Waals surface area contributed by atoms with Crippen molar-refractivity contribution in [1.29, 1.82) is 10.5 Å². The first kappa shape index (κ1) is 30.7. The highest BCUT2D eigenvalue weighted by atomic mass is 15.0. The Labute approximate surface area is 316 Å². The Kier molecular flexibility index (Phi) is 6.61. The van der Waals surface area contributed by atoms with E-state index in [4.69, 9.17) is 0 Å². The Morgan fingerprint density at radius 2 is 0.818 bits per heavy atom. The molecule has 0 atom stereocenters. The summed E-state index contributed by atoms with van der Waals surface area (Å²) in [5.74, 6) is 0. The fourth-order valence-corrected chi connectivity index (χ4v) is 8.77. The normalized spacial score (nSPS) is 11.6. The van der Waals surface area contributed by atoms with E-state index in [0.717, 1.165) is 77.4 Å². The molecule has 0 N–H and O–H groups in total. The van der Waals surface area contributed by atoms with Gasteiger partial charge in [0.2, 0.25) is 0 Å². The first-order chi connectivity index (χ1) is 27.2. The van der Waals surface area contributed by atoms with Crippen molar-refractivity contribution >= 4 is 65.4 Å². The van der Waals surface area contributed by atoms with Crippen LogP contribution in [-0.4, -0.2) is 13.7 Å². The molecule has 0 spiro atoms. The molecule has 0 amide bonds. The lowest BCUT2D eigenvalue weighted by Crippen LogP contribution is -2.00. The molecule has 11 rings (SSSR count). The van der Waals surface area contributed by atoms with Crippen LogP contribution in [0, 0.1) is 22.7 Å². The molecule has 0 radical (unpaired) electrons. The van der Waals surface area contributed by atoms with Gasteiger partial charge < -0.3 is 13.7 Å². The number of hydrogen-bond donors (Lipinski definition) is 0. The maximum atomic E-state index is 10.6. The predicted molar refractivity (Wildman–Crippen MR) is 224 cm³/mol. The standard InChI is InChI=1S/C50H29N5/c51-30-32-21-26-49-43(27-32)40-15-5-10-20-48(40)55(49)47-19-9-4-14-39(47)42-28-34(23-22-33(42)31-52)54-46-18-8-3-13-38(46)41-25-24-35(29-50(41)54)53-44-16-6-1-11-36(44)37-12-2-7-17-45(37)53/h1-29H. The first-order valence-electron chi connectivity index (χ1n) is 18.3. The molecule has 3 heterocycles. The minimum absolute atomic E-state index is 0.593.